The lowest BCUT2D eigenvalue weighted by Crippen LogP contribution is -2.48. The van der Waals surface area contributed by atoms with E-state index in [1.807, 2.05) is 24.4 Å². The summed E-state index contributed by atoms with van der Waals surface area (Å²) in [7, 11) is 0. The maximum atomic E-state index is 12.5. The van der Waals surface area contributed by atoms with Crippen molar-refractivity contribution in [3.05, 3.63) is 30.5 Å². The predicted octanol–water partition coefficient (Wildman–Crippen LogP) is 3.80. The van der Waals surface area contributed by atoms with Gasteiger partial charge in [0.1, 0.15) is 5.75 Å². The number of H-pyrrole nitrogens is 1. The molecule has 0 unspecified atom stereocenters. The molecule has 3 heterocycles. The number of aromatic nitrogens is 1. The molecule has 1 amide bonds. The Morgan fingerprint density at radius 3 is 2.70 bits per heavy atom. The van der Waals surface area contributed by atoms with Crippen molar-refractivity contribution >= 4 is 16.8 Å². The zero-order chi connectivity index (χ0) is 18.5. The van der Waals surface area contributed by atoms with Gasteiger partial charge in [-0.1, -0.05) is 6.42 Å². The fraction of sp³-hybridized carbons (Fsp3) is 0.591. The Morgan fingerprint density at radius 2 is 1.89 bits per heavy atom. The second-order valence-corrected chi connectivity index (χ2v) is 7.89. The number of rotatable bonds is 6. The summed E-state index contributed by atoms with van der Waals surface area (Å²) in [6, 6.07) is 8.80. The van der Waals surface area contributed by atoms with Crippen molar-refractivity contribution in [2.24, 2.45) is 0 Å². The van der Waals surface area contributed by atoms with Crippen LogP contribution >= 0.6 is 0 Å². The largest absolute Gasteiger partial charge is 0.494 e. The SMILES string of the molecule is O=C(CCCOc1ccc2cc[nH]c2c1)N1CCC(N2CCCCC2)CC1. The topological polar surface area (TPSA) is 48.6 Å². The number of benzene rings is 1. The fourth-order valence-electron chi connectivity index (χ4n) is 4.45. The molecule has 27 heavy (non-hydrogen) atoms. The van der Waals surface area contributed by atoms with Crippen molar-refractivity contribution in [2.45, 2.75) is 51.0 Å². The summed E-state index contributed by atoms with van der Waals surface area (Å²) in [5, 5.41) is 1.19. The predicted molar refractivity (Wildman–Crippen MR) is 108 cm³/mol. The van der Waals surface area contributed by atoms with Gasteiger partial charge in [0.25, 0.3) is 0 Å². The molecule has 2 aliphatic rings. The highest BCUT2D eigenvalue weighted by Gasteiger charge is 2.27. The molecule has 0 bridgehead atoms. The quantitative estimate of drug-likeness (QED) is 0.788. The van der Waals surface area contributed by atoms with E-state index in [1.54, 1.807) is 0 Å². The molecule has 0 aliphatic carbocycles. The number of carbonyl (C=O) groups is 1. The van der Waals surface area contributed by atoms with Gasteiger partial charge in [-0.15, -0.1) is 0 Å². The zero-order valence-corrected chi connectivity index (χ0v) is 16.2. The highest BCUT2D eigenvalue weighted by molar-refractivity contribution is 5.80. The fourth-order valence-corrected chi connectivity index (χ4v) is 4.45. The van der Waals surface area contributed by atoms with Crippen LogP contribution in [0.25, 0.3) is 10.9 Å². The van der Waals surface area contributed by atoms with Crippen molar-refractivity contribution < 1.29 is 9.53 Å². The first kappa shape index (κ1) is 18.4. The van der Waals surface area contributed by atoms with E-state index in [0.717, 1.165) is 43.6 Å². The third-order valence-electron chi connectivity index (χ3n) is 6.05. The number of ether oxygens (including phenoxy) is 1. The highest BCUT2D eigenvalue weighted by Crippen LogP contribution is 2.22. The normalized spacial score (nSPS) is 19.5. The third kappa shape index (κ3) is 4.64. The molecule has 1 aromatic carbocycles. The average molecular weight is 370 g/mol. The molecule has 5 nitrogen and oxygen atoms in total. The van der Waals surface area contributed by atoms with Gasteiger partial charge in [-0.05, 0) is 68.8 Å². The van der Waals surface area contributed by atoms with Crippen LogP contribution in [0.15, 0.2) is 30.5 Å². The number of amides is 1. The molecule has 2 fully saturated rings. The van der Waals surface area contributed by atoms with Gasteiger partial charge in [-0.25, -0.2) is 0 Å². The van der Waals surface area contributed by atoms with E-state index in [4.69, 9.17) is 4.74 Å². The first-order chi connectivity index (χ1) is 13.3. The molecule has 2 aromatic rings. The van der Waals surface area contributed by atoms with E-state index in [0.29, 0.717) is 19.1 Å². The Labute approximate surface area is 161 Å². The summed E-state index contributed by atoms with van der Waals surface area (Å²) in [6.07, 6.45) is 9.63. The van der Waals surface area contributed by atoms with Gasteiger partial charge in [0.05, 0.1) is 6.61 Å². The molecule has 1 N–H and O–H groups in total. The van der Waals surface area contributed by atoms with Crippen molar-refractivity contribution in [1.82, 2.24) is 14.8 Å². The molecule has 2 saturated heterocycles. The molecule has 0 atom stereocenters. The Bertz CT molecular complexity index is 743. The summed E-state index contributed by atoms with van der Waals surface area (Å²) in [6.45, 7) is 4.94. The number of nitrogens with one attached hydrogen (secondary N) is 1. The van der Waals surface area contributed by atoms with E-state index < -0.39 is 0 Å². The molecule has 0 spiro atoms. The maximum absolute atomic E-state index is 12.5. The smallest absolute Gasteiger partial charge is 0.222 e. The third-order valence-corrected chi connectivity index (χ3v) is 6.05. The first-order valence-electron chi connectivity index (χ1n) is 10.5. The Morgan fingerprint density at radius 1 is 1.07 bits per heavy atom. The van der Waals surface area contributed by atoms with E-state index >= 15 is 0 Å². The van der Waals surface area contributed by atoms with Gasteiger partial charge in [-0.2, -0.15) is 0 Å². The van der Waals surface area contributed by atoms with E-state index in [9.17, 15) is 4.79 Å². The summed E-state index contributed by atoms with van der Waals surface area (Å²) in [5.41, 5.74) is 1.08. The lowest BCUT2D eigenvalue weighted by molar-refractivity contribution is -0.133. The standard InChI is InChI=1S/C22H31N3O2/c26-22(25-14-9-19(10-15-25)24-12-2-1-3-13-24)5-4-16-27-20-7-6-18-8-11-23-21(18)17-20/h6-8,11,17,19,23H,1-5,9-10,12-16H2. The van der Waals surface area contributed by atoms with Crippen molar-refractivity contribution in [3.63, 3.8) is 0 Å². The first-order valence-corrected chi connectivity index (χ1v) is 10.5. The summed E-state index contributed by atoms with van der Waals surface area (Å²) >= 11 is 0. The summed E-state index contributed by atoms with van der Waals surface area (Å²) in [4.78, 5) is 20.4. The molecular weight excluding hydrogens is 338 g/mol. The minimum atomic E-state index is 0.288. The molecule has 4 rings (SSSR count). The van der Waals surface area contributed by atoms with Gasteiger partial charge < -0.3 is 19.5 Å². The number of fused-ring (bicyclic) bond motifs is 1. The summed E-state index contributed by atoms with van der Waals surface area (Å²) < 4.78 is 5.82. The number of nitrogens with zero attached hydrogens (tertiary/aromatic N) is 2. The van der Waals surface area contributed by atoms with Gasteiger partial charge in [0.15, 0.2) is 0 Å². The molecule has 2 aliphatic heterocycles. The van der Waals surface area contributed by atoms with Gasteiger partial charge in [-0.3, -0.25) is 4.79 Å². The minimum absolute atomic E-state index is 0.288. The van der Waals surface area contributed by atoms with Crippen LogP contribution in [0.4, 0.5) is 0 Å². The molecule has 0 saturated carbocycles. The van der Waals surface area contributed by atoms with Crippen LogP contribution in [0.3, 0.4) is 0 Å². The van der Waals surface area contributed by atoms with Crippen molar-refractivity contribution in [1.29, 1.82) is 0 Å². The van der Waals surface area contributed by atoms with E-state index in [2.05, 4.69) is 20.9 Å². The number of hydrogen-bond acceptors (Lipinski definition) is 3. The van der Waals surface area contributed by atoms with Gasteiger partial charge in [0, 0.05) is 43.3 Å². The number of hydrogen-bond donors (Lipinski definition) is 1. The second-order valence-electron chi connectivity index (χ2n) is 7.89. The molecule has 5 heteroatoms. The number of piperidine rings is 2. The van der Waals surface area contributed by atoms with Gasteiger partial charge in [0.2, 0.25) is 5.91 Å². The van der Waals surface area contributed by atoms with Crippen LogP contribution in [0.5, 0.6) is 5.75 Å². The lowest BCUT2D eigenvalue weighted by atomic mass is 9.99. The number of likely N-dealkylation sites (tertiary alicyclic amines) is 2. The Kier molecular flexibility index (Phi) is 5.97. The average Bonchev–Trinajstić information content (AvgIpc) is 3.20. The van der Waals surface area contributed by atoms with Crippen molar-refractivity contribution in [2.75, 3.05) is 32.8 Å². The second kappa shape index (κ2) is 8.79. The van der Waals surface area contributed by atoms with Crippen LogP contribution in [0.1, 0.15) is 44.9 Å². The number of aromatic amines is 1. The molecule has 0 radical (unpaired) electrons. The minimum Gasteiger partial charge on any atom is -0.494 e. The van der Waals surface area contributed by atoms with Crippen LogP contribution in [0, 0.1) is 0 Å². The molecule has 1 aromatic heterocycles. The van der Waals surface area contributed by atoms with Crippen LogP contribution in [-0.2, 0) is 4.79 Å². The van der Waals surface area contributed by atoms with Crippen LogP contribution in [0.2, 0.25) is 0 Å². The summed E-state index contributed by atoms with van der Waals surface area (Å²) in [5.74, 6) is 1.15. The zero-order valence-electron chi connectivity index (χ0n) is 16.2. The van der Waals surface area contributed by atoms with Crippen LogP contribution < -0.4 is 4.74 Å². The van der Waals surface area contributed by atoms with E-state index in [-0.39, 0.29) is 5.91 Å². The highest BCUT2D eigenvalue weighted by atomic mass is 16.5. The molecule has 146 valence electrons. The Hall–Kier alpha value is -2.01. The monoisotopic (exact) mass is 369 g/mol. The maximum Gasteiger partial charge on any atom is 0.222 e. The molecular formula is C22H31N3O2. The van der Waals surface area contributed by atoms with Gasteiger partial charge >= 0.3 is 0 Å². The van der Waals surface area contributed by atoms with Crippen molar-refractivity contribution in [3.8, 4) is 5.75 Å². The van der Waals surface area contributed by atoms with Crippen LogP contribution in [-0.4, -0.2) is 59.5 Å². The number of carbonyl (C=O) groups excluding carboxylic acids is 1. The van der Waals surface area contributed by atoms with E-state index in [1.165, 1.54) is 37.7 Å². The lowest BCUT2D eigenvalue weighted by Gasteiger charge is -2.40. The Balaban J connectivity index is 1.15.